The minimum Gasteiger partial charge on any atom is -0.472 e. The van der Waals surface area contributed by atoms with Crippen LogP contribution in [0, 0.1) is 0 Å². The molecule has 0 aliphatic rings. The highest BCUT2D eigenvalue weighted by Crippen LogP contribution is 2.27. The van der Waals surface area contributed by atoms with Crippen LogP contribution in [-0.2, 0) is 0 Å². The zero-order valence-corrected chi connectivity index (χ0v) is 18.3. The Morgan fingerprint density at radius 3 is 2.51 bits per heavy atom. The topological polar surface area (TPSA) is 92.0 Å². The molecule has 0 unspecified atom stereocenters. The summed E-state index contributed by atoms with van der Waals surface area (Å²) in [6, 6.07) is 10.6. The average Bonchev–Trinajstić information content (AvgIpc) is 3.31. The Morgan fingerprint density at radius 1 is 0.971 bits per heavy atom. The molecule has 0 fully saturated rings. The lowest BCUT2D eigenvalue weighted by Crippen LogP contribution is -2.23. The number of pyridine rings is 2. The Bertz CT molecular complexity index is 1570. The number of hydrogen-bond donors (Lipinski definition) is 0. The number of ether oxygens (including phenoxy) is 2. The van der Waals surface area contributed by atoms with Gasteiger partial charge in [-0.2, -0.15) is 18.6 Å². The van der Waals surface area contributed by atoms with Crippen LogP contribution in [0.25, 0.3) is 38.1 Å². The Hall–Kier alpha value is -4.13. The molecule has 13 heteroatoms. The van der Waals surface area contributed by atoms with E-state index in [1.165, 1.54) is 46.5 Å². The van der Waals surface area contributed by atoms with Crippen molar-refractivity contribution in [1.82, 2.24) is 24.7 Å². The maximum absolute atomic E-state index is 13.6. The first-order valence-corrected chi connectivity index (χ1v) is 10.9. The van der Waals surface area contributed by atoms with Crippen molar-refractivity contribution in [2.45, 2.75) is 13.0 Å². The molecule has 0 N–H and O–H groups in total. The van der Waals surface area contributed by atoms with Gasteiger partial charge in [0.15, 0.2) is 6.61 Å². The van der Waals surface area contributed by atoms with Crippen molar-refractivity contribution < 1.29 is 27.0 Å². The Morgan fingerprint density at radius 2 is 1.77 bits per heavy atom. The van der Waals surface area contributed by atoms with Gasteiger partial charge in [0.05, 0.1) is 27.0 Å². The van der Waals surface area contributed by atoms with Gasteiger partial charge in [0.2, 0.25) is 11.8 Å². The van der Waals surface area contributed by atoms with Gasteiger partial charge in [-0.15, -0.1) is 11.3 Å². The molecule has 5 rings (SSSR count). The van der Waals surface area contributed by atoms with E-state index in [0.717, 1.165) is 10.2 Å². The lowest BCUT2D eigenvalue weighted by atomic mass is 10.1. The van der Waals surface area contributed by atoms with Gasteiger partial charge < -0.3 is 9.47 Å². The first-order chi connectivity index (χ1) is 16.9. The van der Waals surface area contributed by atoms with E-state index in [0.29, 0.717) is 5.69 Å². The van der Waals surface area contributed by atoms with E-state index in [9.17, 15) is 22.4 Å². The van der Waals surface area contributed by atoms with Gasteiger partial charge >= 0.3 is 6.61 Å². The Labute approximate surface area is 197 Å². The van der Waals surface area contributed by atoms with Crippen LogP contribution in [0.4, 0.5) is 17.6 Å². The van der Waals surface area contributed by atoms with Crippen LogP contribution in [-0.4, -0.2) is 44.4 Å². The summed E-state index contributed by atoms with van der Waals surface area (Å²) in [6.07, 6.45) is -1.54. The van der Waals surface area contributed by atoms with E-state index in [2.05, 4.69) is 24.8 Å². The molecule has 0 saturated heterocycles. The third-order valence-electron chi connectivity index (χ3n) is 4.85. The molecule has 0 spiro atoms. The SMILES string of the molecule is O=c1c(-c2ccc(OC(F)F)nc2)c2nc(OCC(F)F)ccc2nn1-c1ccc2ncsc2c1. The van der Waals surface area contributed by atoms with Crippen molar-refractivity contribution in [3.8, 4) is 28.6 Å². The minimum absolute atomic E-state index is 0.0259. The third-order valence-corrected chi connectivity index (χ3v) is 5.64. The fraction of sp³-hybridized carbons (Fsp3) is 0.136. The van der Waals surface area contributed by atoms with Crippen LogP contribution in [0.15, 0.2) is 59.0 Å². The summed E-state index contributed by atoms with van der Waals surface area (Å²) in [5.74, 6) is -0.471. The first-order valence-electron chi connectivity index (χ1n) is 9.99. The number of thiazole rings is 1. The molecule has 0 aliphatic heterocycles. The Balaban J connectivity index is 1.70. The van der Waals surface area contributed by atoms with Crippen molar-refractivity contribution in [1.29, 1.82) is 0 Å². The molecule has 4 heterocycles. The second-order valence-corrected chi connectivity index (χ2v) is 7.97. The normalized spacial score (nSPS) is 11.6. The van der Waals surface area contributed by atoms with E-state index < -0.39 is 25.2 Å². The number of aromatic nitrogens is 5. The molecule has 0 bridgehead atoms. The molecule has 0 atom stereocenters. The van der Waals surface area contributed by atoms with E-state index in [1.54, 1.807) is 23.7 Å². The number of benzene rings is 1. The van der Waals surface area contributed by atoms with Gasteiger partial charge in [0.25, 0.3) is 12.0 Å². The summed E-state index contributed by atoms with van der Waals surface area (Å²) in [5, 5.41) is 4.39. The predicted octanol–water partition coefficient (Wildman–Crippen LogP) is 4.70. The van der Waals surface area contributed by atoms with Gasteiger partial charge in [-0.25, -0.2) is 23.7 Å². The van der Waals surface area contributed by atoms with Crippen LogP contribution in [0.1, 0.15) is 0 Å². The van der Waals surface area contributed by atoms with Gasteiger partial charge in [-0.3, -0.25) is 4.79 Å². The van der Waals surface area contributed by atoms with Crippen LogP contribution >= 0.6 is 11.3 Å². The monoisotopic (exact) mass is 503 g/mol. The van der Waals surface area contributed by atoms with E-state index >= 15 is 0 Å². The summed E-state index contributed by atoms with van der Waals surface area (Å²) in [4.78, 5) is 25.9. The summed E-state index contributed by atoms with van der Waals surface area (Å²) in [6.45, 7) is -3.95. The fourth-order valence-corrected chi connectivity index (χ4v) is 4.10. The molecule has 178 valence electrons. The van der Waals surface area contributed by atoms with Crippen molar-refractivity contribution in [2.24, 2.45) is 0 Å². The molecule has 35 heavy (non-hydrogen) atoms. The number of hydrogen-bond acceptors (Lipinski definition) is 8. The molecular weight excluding hydrogens is 490 g/mol. The molecule has 0 aliphatic carbocycles. The van der Waals surface area contributed by atoms with E-state index in [4.69, 9.17) is 4.74 Å². The maximum Gasteiger partial charge on any atom is 0.388 e. The second-order valence-electron chi connectivity index (χ2n) is 7.08. The average molecular weight is 503 g/mol. The second kappa shape index (κ2) is 9.25. The number of halogens is 4. The lowest BCUT2D eigenvalue weighted by Gasteiger charge is -2.12. The maximum atomic E-state index is 13.6. The van der Waals surface area contributed by atoms with Crippen molar-refractivity contribution in [3.63, 3.8) is 0 Å². The number of alkyl halides is 4. The molecule has 0 amide bonds. The number of fused-ring (bicyclic) bond motifs is 2. The highest BCUT2D eigenvalue weighted by atomic mass is 32.1. The van der Waals surface area contributed by atoms with Crippen LogP contribution in [0.2, 0.25) is 0 Å². The molecular formula is C22H13F4N5O3S. The molecule has 4 aromatic heterocycles. The summed E-state index contributed by atoms with van der Waals surface area (Å²) in [7, 11) is 0. The largest absolute Gasteiger partial charge is 0.472 e. The standard InChI is InChI=1S/C22H13F4N5O3S/c23-16(24)9-33-18-6-4-14-20(29-18)19(11-1-5-17(27-8-11)34-22(25)26)21(32)31(30-14)12-2-3-13-15(7-12)35-10-28-13/h1-8,10,16,22H,9H2. The highest BCUT2D eigenvalue weighted by molar-refractivity contribution is 7.16. The minimum atomic E-state index is -3.06. The quantitative estimate of drug-likeness (QED) is 0.298. The zero-order chi connectivity index (χ0) is 24.5. The predicted molar refractivity (Wildman–Crippen MR) is 120 cm³/mol. The van der Waals surface area contributed by atoms with Crippen molar-refractivity contribution in [2.75, 3.05) is 6.61 Å². The molecule has 8 nitrogen and oxygen atoms in total. The third kappa shape index (κ3) is 4.62. The van der Waals surface area contributed by atoms with Crippen LogP contribution in [0.3, 0.4) is 0 Å². The van der Waals surface area contributed by atoms with E-state index in [-0.39, 0.29) is 33.9 Å². The van der Waals surface area contributed by atoms with Gasteiger partial charge in [-0.1, -0.05) is 0 Å². The van der Waals surface area contributed by atoms with Crippen LogP contribution in [0.5, 0.6) is 11.8 Å². The smallest absolute Gasteiger partial charge is 0.388 e. The summed E-state index contributed by atoms with van der Waals surface area (Å²) in [5.41, 5.74) is 2.89. The van der Waals surface area contributed by atoms with E-state index in [1.807, 2.05) is 0 Å². The summed E-state index contributed by atoms with van der Waals surface area (Å²) >= 11 is 1.39. The van der Waals surface area contributed by atoms with Crippen molar-refractivity contribution >= 4 is 32.6 Å². The van der Waals surface area contributed by atoms with Gasteiger partial charge in [0.1, 0.15) is 11.0 Å². The Kier molecular flexibility index (Phi) is 5.99. The molecule has 5 aromatic rings. The molecule has 0 saturated carbocycles. The van der Waals surface area contributed by atoms with Gasteiger partial charge in [-0.05, 0) is 30.3 Å². The van der Waals surface area contributed by atoms with Crippen LogP contribution < -0.4 is 15.0 Å². The molecule has 0 radical (unpaired) electrons. The van der Waals surface area contributed by atoms with Crippen molar-refractivity contribution in [3.05, 3.63) is 64.5 Å². The first kappa shape index (κ1) is 22.7. The van der Waals surface area contributed by atoms with Gasteiger partial charge in [0, 0.05) is 23.9 Å². The highest BCUT2D eigenvalue weighted by Gasteiger charge is 2.19. The summed E-state index contributed by atoms with van der Waals surface area (Å²) < 4.78 is 61.5. The number of nitrogens with zero attached hydrogens (tertiary/aromatic N) is 5. The molecule has 1 aromatic carbocycles. The number of rotatable bonds is 7. The fourth-order valence-electron chi connectivity index (χ4n) is 3.39. The lowest BCUT2D eigenvalue weighted by molar-refractivity contribution is -0.0528. The zero-order valence-electron chi connectivity index (χ0n) is 17.4.